The van der Waals surface area contributed by atoms with Gasteiger partial charge in [0.15, 0.2) is 0 Å². The Balaban J connectivity index is 0.00000196. The second-order valence-electron chi connectivity index (χ2n) is 3.73. The van der Waals surface area contributed by atoms with Crippen molar-refractivity contribution in [3.63, 3.8) is 0 Å². The van der Waals surface area contributed by atoms with E-state index < -0.39 is 0 Å². The largest absolute Gasteiger partial charge is 0.396 e. The van der Waals surface area contributed by atoms with E-state index in [9.17, 15) is 0 Å². The predicted octanol–water partition coefficient (Wildman–Crippen LogP) is 1.87. The summed E-state index contributed by atoms with van der Waals surface area (Å²) in [5.41, 5.74) is 1.36. The molecule has 0 fully saturated rings. The minimum absolute atomic E-state index is 0. The lowest BCUT2D eigenvalue weighted by molar-refractivity contribution is 0.234. The molecule has 0 saturated carbocycles. The van der Waals surface area contributed by atoms with Crippen LogP contribution in [-0.4, -0.2) is 24.8 Å². The van der Waals surface area contributed by atoms with Crippen LogP contribution in [0.15, 0.2) is 30.3 Å². The molecular formula is C12H20ClNO. The highest BCUT2D eigenvalue weighted by molar-refractivity contribution is 5.85. The van der Waals surface area contributed by atoms with E-state index in [1.807, 2.05) is 13.0 Å². The quantitative estimate of drug-likeness (QED) is 0.730. The molecule has 0 aromatic heterocycles. The molecule has 0 heterocycles. The van der Waals surface area contributed by atoms with Crippen molar-refractivity contribution in [3.05, 3.63) is 35.9 Å². The van der Waals surface area contributed by atoms with Crippen LogP contribution in [0.3, 0.4) is 0 Å². The van der Waals surface area contributed by atoms with Gasteiger partial charge in [-0.05, 0) is 31.0 Å². The van der Waals surface area contributed by atoms with Gasteiger partial charge >= 0.3 is 0 Å². The Bertz CT molecular complexity index is 241. The summed E-state index contributed by atoms with van der Waals surface area (Å²) in [4.78, 5) is 0. The molecule has 0 amide bonds. The number of hydrogen-bond donors (Lipinski definition) is 2. The summed E-state index contributed by atoms with van der Waals surface area (Å²) in [5.74, 6) is 0.353. The van der Waals surface area contributed by atoms with Gasteiger partial charge in [0, 0.05) is 6.61 Å². The molecule has 2 N–H and O–H groups in total. The average Bonchev–Trinajstić information content (AvgIpc) is 2.25. The van der Waals surface area contributed by atoms with Gasteiger partial charge in [-0.15, -0.1) is 12.4 Å². The SMILES string of the molecule is C[C@@H](CO)CNCCc1ccccc1.Cl. The average molecular weight is 230 g/mol. The summed E-state index contributed by atoms with van der Waals surface area (Å²) in [6.45, 7) is 4.17. The third-order valence-electron chi connectivity index (χ3n) is 2.24. The molecule has 0 aliphatic rings. The Morgan fingerprint density at radius 1 is 1.27 bits per heavy atom. The van der Waals surface area contributed by atoms with E-state index in [0.29, 0.717) is 5.92 Å². The molecule has 0 saturated heterocycles. The van der Waals surface area contributed by atoms with Crippen LogP contribution < -0.4 is 5.32 Å². The van der Waals surface area contributed by atoms with E-state index in [1.54, 1.807) is 0 Å². The maximum absolute atomic E-state index is 8.81. The first-order valence-electron chi connectivity index (χ1n) is 5.18. The van der Waals surface area contributed by atoms with Crippen LogP contribution in [0.4, 0.5) is 0 Å². The van der Waals surface area contributed by atoms with Crippen molar-refractivity contribution in [2.24, 2.45) is 5.92 Å². The molecule has 3 heteroatoms. The summed E-state index contributed by atoms with van der Waals surface area (Å²) in [6.07, 6.45) is 1.05. The van der Waals surface area contributed by atoms with Crippen molar-refractivity contribution in [1.29, 1.82) is 0 Å². The first-order chi connectivity index (χ1) is 6.83. The molecule has 2 nitrogen and oxygen atoms in total. The van der Waals surface area contributed by atoms with Crippen molar-refractivity contribution in [1.82, 2.24) is 5.32 Å². The van der Waals surface area contributed by atoms with Crippen LogP contribution in [0.5, 0.6) is 0 Å². The van der Waals surface area contributed by atoms with E-state index in [1.165, 1.54) is 5.56 Å². The normalized spacial score (nSPS) is 11.9. The smallest absolute Gasteiger partial charge is 0.0468 e. The molecule has 0 unspecified atom stereocenters. The standard InChI is InChI=1S/C12H19NO.ClH/c1-11(10-14)9-13-8-7-12-5-3-2-4-6-12;/h2-6,11,13-14H,7-10H2,1H3;1H/t11-;/m1./s1. The van der Waals surface area contributed by atoms with E-state index in [2.05, 4.69) is 29.6 Å². The van der Waals surface area contributed by atoms with E-state index in [4.69, 9.17) is 5.11 Å². The first-order valence-corrected chi connectivity index (χ1v) is 5.18. The summed E-state index contributed by atoms with van der Waals surface area (Å²) < 4.78 is 0. The van der Waals surface area contributed by atoms with Crippen LogP contribution in [0.2, 0.25) is 0 Å². The van der Waals surface area contributed by atoms with Gasteiger partial charge in [0.1, 0.15) is 0 Å². The number of halogens is 1. The van der Waals surface area contributed by atoms with Crippen LogP contribution >= 0.6 is 12.4 Å². The van der Waals surface area contributed by atoms with Crippen molar-refractivity contribution in [2.75, 3.05) is 19.7 Å². The minimum Gasteiger partial charge on any atom is -0.396 e. The minimum atomic E-state index is 0. The molecule has 0 aliphatic heterocycles. The molecule has 86 valence electrons. The van der Waals surface area contributed by atoms with Crippen LogP contribution in [0.1, 0.15) is 12.5 Å². The highest BCUT2D eigenvalue weighted by Gasteiger charge is 1.98. The number of benzene rings is 1. The Labute approximate surface area is 98.1 Å². The van der Waals surface area contributed by atoms with Crippen molar-refractivity contribution >= 4 is 12.4 Å². The van der Waals surface area contributed by atoms with Gasteiger partial charge in [-0.25, -0.2) is 0 Å². The van der Waals surface area contributed by atoms with Crippen LogP contribution in [-0.2, 0) is 6.42 Å². The first kappa shape index (κ1) is 14.4. The Morgan fingerprint density at radius 2 is 1.93 bits per heavy atom. The second kappa shape index (κ2) is 8.72. The zero-order valence-corrected chi connectivity index (χ0v) is 9.96. The predicted molar refractivity (Wildman–Crippen MR) is 66.5 cm³/mol. The molecule has 0 aliphatic carbocycles. The lowest BCUT2D eigenvalue weighted by Gasteiger charge is -2.09. The fraction of sp³-hybridized carbons (Fsp3) is 0.500. The van der Waals surface area contributed by atoms with Crippen LogP contribution in [0.25, 0.3) is 0 Å². The molecule has 1 rings (SSSR count). The third-order valence-corrected chi connectivity index (χ3v) is 2.24. The fourth-order valence-electron chi connectivity index (χ4n) is 1.29. The highest BCUT2D eigenvalue weighted by atomic mass is 35.5. The summed E-state index contributed by atoms with van der Waals surface area (Å²) in [5, 5.41) is 12.1. The lowest BCUT2D eigenvalue weighted by atomic mass is 10.1. The van der Waals surface area contributed by atoms with Crippen molar-refractivity contribution in [3.8, 4) is 0 Å². The van der Waals surface area contributed by atoms with Gasteiger partial charge in [-0.3, -0.25) is 0 Å². The summed E-state index contributed by atoms with van der Waals surface area (Å²) >= 11 is 0. The third kappa shape index (κ3) is 6.50. The topological polar surface area (TPSA) is 32.3 Å². The Morgan fingerprint density at radius 3 is 2.53 bits per heavy atom. The second-order valence-corrected chi connectivity index (χ2v) is 3.73. The number of nitrogens with one attached hydrogen (secondary N) is 1. The number of aliphatic hydroxyl groups excluding tert-OH is 1. The highest BCUT2D eigenvalue weighted by Crippen LogP contribution is 1.98. The fourth-order valence-corrected chi connectivity index (χ4v) is 1.29. The zero-order valence-electron chi connectivity index (χ0n) is 9.15. The molecule has 0 radical (unpaired) electrons. The van der Waals surface area contributed by atoms with E-state index >= 15 is 0 Å². The van der Waals surface area contributed by atoms with E-state index in [-0.39, 0.29) is 19.0 Å². The summed E-state index contributed by atoms with van der Waals surface area (Å²) in [6, 6.07) is 10.4. The van der Waals surface area contributed by atoms with E-state index in [0.717, 1.165) is 19.5 Å². The van der Waals surface area contributed by atoms with Crippen molar-refractivity contribution < 1.29 is 5.11 Å². The Kier molecular flexibility index (Phi) is 8.38. The molecule has 15 heavy (non-hydrogen) atoms. The number of rotatable bonds is 6. The van der Waals surface area contributed by atoms with Gasteiger partial charge in [-0.2, -0.15) is 0 Å². The maximum Gasteiger partial charge on any atom is 0.0468 e. The van der Waals surface area contributed by atoms with Crippen LogP contribution in [0, 0.1) is 5.92 Å². The number of aliphatic hydroxyl groups is 1. The van der Waals surface area contributed by atoms with Gasteiger partial charge in [-0.1, -0.05) is 37.3 Å². The van der Waals surface area contributed by atoms with Gasteiger partial charge in [0.05, 0.1) is 0 Å². The van der Waals surface area contributed by atoms with Gasteiger partial charge < -0.3 is 10.4 Å². The zero-order chi connectivity index (χ0) is 10.2. The molecule has 1 aromatic rings. The lowest BCUT2D eigenvalue weighted by Crippen LogP contribution is -2.25. The maximum atomic E-state index is 8.81. The summed E-state index contributed by atoms with van der Waals surface area (Å²) in [7, 11) is 0. The monoisotopic (exact) mass is 229 g/mol. The molecule has 0 spiro atoms. The number of hydrogen-bond acceptors (Lipinski definition) is 2. The molecular weight excluding hydrogens is 210 g/mol. The van der Waals surface area contributed by atoms with Gasteiger partial charge in [0.25, 0.3) is 0 Å². The van der Waals surface area contributed by atoms with Gasteiger partial charge in [0.2, 0.25) is 0 Å². The van der Waals surface area contributed by atoms with Crippen molar-refractivity contribution in [2.45, 2.75) is 13.3 Å². The Hall–Kier alpha value is -0.570. The molecule has 0 bridgehead atoms. The molecule has 1 aromatic carbocycles. The molecule has 1 atom stereocenters.